The van der Waals surface area contributed by atoms with Crippen LogP contribution in [0.15, 0.2) is 65.3 Å². The van der Waals surface area contributed by atoms with Crippen LogP contribution in [-0.4, -0.2) is 27.8 Å². The molecule has 29 heavy (non-hydrogen) atoms. The number of carbonyl (C=O) groups is 1. The van der Waals surface area contributed by atoms with Crippen LogP contribution >= 0.6 is 23.2 Å². The third kappa shape index (κ3) is 3.96. The smallest absolute Gasteiger partial charge is 0.336 e. The second-order valence-electron chi connectivity index (χ2n) is 5.94. The summed E-state index contributed by atoms with van der Waals surface area (Å²) in [6.07, 6.45) is 1.44. The van der Waals surface area contributed by atoms with Crippen molar-refractivity contribution in [2.45, 2.75) is 0 Å². The zero-order valence-corrected chi connectivity index (χ0v) is 16.6. The lowest BCUT2D eigenvalue weighted by molar-refractivity contribution is 0.0996. The molecule has 1 amide bonds. The van der Waals surface area contributed by atoms with E-state index in [0.717, 1.165) is 0 Å². The zero-order valence-electron chi connectivity index (χ0n) is 15.1. The van der Waals surface area contributed by atoms with Crippen molar-refractivity contribution in [1.29, 1.82) is 0 Å². The Morgan fingerprint density at radius 1 is 1.10 bits per heavy atom. The standard InChI is InChI=1S/C20H14Cl2N4O3/c1-28-20-24-18(12-7-8-15(21)16(22)10-12)26(25-20)14-5-2-4-13(11-14)23-19(27)17-6-3-9-29-17/h2-11H,1H3,(H,23,27). The van der Waals surface area contributed by atoms with Gasteiger partial charge < -0.3 is 14.5 Å². The lowest BCUT2D eigenvalue weighted by Crippen LogP contribution is -2.11. The number of methoxy groups -OCH3 is 1. The molecular weight excluding hydrogens is 415 g/mol. The number of halogens is 2. The summed E-state index contributed by atoms with van der Waals surface area (Å²) in [5.41, 5.74) is 1.94. The van der Waals surface area contributed by atoms with Gasteiger partial charge in [0.1, 0.15) is 0 Å². The third-order valence-electron chi connectivity index (χ3n) is 4.04. The number of rotatable bonds is 5. The minimum Gasteiger partial charge on any atom is -0.466 e. The molecule has 0 fully saturated rings. The monoisotopic (exact) mass is 428 g/mol. The quantitative estimate of drug-likeness (QED) is 0.478. The molecule has 0 saturated heterocycles. The number of nitrogens with one attached hydrogen (secondary N) is 1. The molecule has 0 radical (unpaired) electrons. The molecule has 4 aromatic rings. The molecule has 2 heterocycles. The van der Waals surface area contributed by atoms with Gasteiger partial charge in [-0.2, -0.15) is 4.98 Å². The van der Waals surface area contributed by atoms with E-state index in [4.69, 9.17) is 32.4 Å². The predicted octanol–water partition coefficient (Wildman–Crippen LogP) is 5.10. The number of hydrogen-bond acceptors (Lipinski definition) is 5. The normalized spacial score (nSPS) is 10.7. The predicted molar refractivity (Wildman–Crippen MR) is 110 cm³/mol. The number of amides is 1. The fourth-order valence-electron chi connectivity index (χ4n) is 2.70. The van der Waals surface area contributed by atoms with Gasteiger partial charge in [-0.15, -0.1) is 5.10 Å². The van der Waals surface area contributed by atoms with Gasteiger partial charge >= 0.3 is 6.01 Å². The third-order valence-corrected chi connectivity index (χ3v) is 4.78. The number of ether oxygens (including phenoxy) is 1. The molecule has 0 spiro atoms. The highest BCUT2D eigenvalue weighted by molar-refractivity contribution is 6.42. The van der Waals surface area contributed by atoms with Gasteiger partial charge in [0.15, 0.2) is 11.6 Å². The van der Waals surface area contributed by atoms with Crippen molar-refractivity contribution in [3.63, 3.8) is 0 Å². The Bertz CT molecular complexity index is 1170. The Morgan fingerprint density at radius 2 is 1.97 bits per heavy atom. The van der Waals surface area contributed by atoms with Gasteiger partial charge in [0.25, 0.3) is 5.91 Å². The molecule has 146 valence electrons. The van der Waals surface area contributed by atoms with Gasteiger partial charge in [-0.1, -0.05) is 29.3 Å². The molecule has 0 unspecified atom stereocenters. The van der Waals surface area contributed by atoms with E-state index < -0.39 is 0 Å². The molecule has 9 heteroatoms. The maximum Gasteiger partial charge on any atom is 0.336 e. The van der Waals surface area contributed by atoms with E-state index in [1.54, 1.807) is 53.2 Å². The van der Waals surface area contributed by atoms with Gasteiger partial charge in [0.2, 0.25) is 0 Å². The molecule has 4 rings (SSSR count). The number of hydrogen-bond donors (Lipinski definition) is 1. The Balaban J connectivity index is 1.72. The topological polar surface area (TPSA) is 82.2 Å². The van der Waals surface area contributed by atoms with Crippen LogP contribution in [0.25, 0.3) is 17.1 Å². The van der Waals surface area contributed by atoms with Gasteiger partial charge in [0, 0.05) is 11.3 Å². The van der Waals surface area contributed by atoms with Crippen LogP contribution < -0.4 is 10.1 Å². The van der Waals surface area contributed by atoms with Crippen molar-refractivity contribution >= 4 is 34.8 Å². The first-order chi connectivity index (χ1) is 14.0. The summed E-state index contributed by atoms with van der Waals surface area (Å²) in [6, 6.07) is 15.7. The molecule has 2 aromatic heterocycles. The van der Waals surface area contributed by atoms with E-state index >= 15 is 0 Å². The van der Waals surface area contributed by atoms with Crippen molar-refractivity contribution in [1.82, 2.24) is 14.8 Å². The number of benzene rings is 2. The van der Waals surface area contributed by atoms with Crippen LogP contribution in [0.4, 0.5) is 5.69 Å². The molecule has 7 nitrogen and oxygen atoms in total. The van der Waals surface area contributed by atoms with Crippen LogP contribution in [0.5, 0.6) is 6.01 Å². The summed E-state index contributed by atoms with van der Waals surface area (Å²) in [4.78, 5) is 16.6. The van der Waals surface area contributed by atoms with Gasteiger partial charge in [-0.3, -0.25) is 4.79 Å². The molecule has 0 aliphatic carbocycles. The second kappa shape index (κ2) is 7.98. The fraction of sp³-hybridized carbons (Fsp3) is 0.0500. The molecule has 0 saturated carbocycles. The Hall–Kier alpha value is -3.29. The molecule has 0 aliphatic rings. The van der Waals surface area contributed by atoms with E-state index in [2.05, 4.69) is 15.4 Å². The largest absolute Gasteiger partial charge is 0.466 e. The zero-order chi connectivity index (χ0) is 20.4. The average molecular weight is 429 g/mol. The highest BCUT2D eigenvalue weighted by atomic mass is 35.5. The van der Waals surface area contributed by atoms with Gasteiger partial charge in [-0.05, 0) is 48.5 Å². The maximum absolute atomic E-state index is 12.2. The van der Waals surface area contributed by atoms with E-state index in [0.29, 0.717) is 32.8 Å². The lowest BCUT2D eigenvalue weighted by atomic mass is 10.2. The van der Waals surface area contributed by atoms with Crippen LogP contribution in [0.2, 0.25) is 10.0 Å². The Kier molecular flexibility index (Phi) is 5.24. The first-order valence-electron chi connectivity index (χ1n) is 8.47. The summed E-state index contributed by atoms with van der Waals surface area (Å²) in [5, 5.41) is 8.00. The van der Waals surface area contributed by atoms with Crippen LogP contribution in [-0.2, 0) is 0 Å². The van der Waals surface area contributed by atoms with E-state index in [1.807, 2.05) is 6.07 Å². The average Bonchev–Trinajstić information content (AvgIpc) is 3.40. The number of nitrogens with zero attached hydrogens (tertiary/aromatic N) is 3. The molecule has 0 bridgehead atoms. The summed E-state index contributed by atoms with van der Waals surface area (Å²) in [7, 11) is 1.48. The SMILES string of the molecule is COc1nc(-c2ccc(Cl)c(Cl)c2)n(-c2cccc(NC(=O)c3ccco3)c2)n1. The van der Waals surface area contributed by atoms with Crippen molar-refractivity contribution < 1.29 is 13.9 Å². The summed E-state index contributed by atoms with van der Waals surface area (Å²) >= 11 is 12.2. The summed E-state index contributed by atoms with van der Waals surface area (Å²) in [5.74, 6) is 0.372. The van der Waals surface area contributed by atoms with Gasteiger partial charge in [-0.25, -0.2) is 4.68 Å². The first-order valence-corrected chi connectivity index (χ1v) is 9.22. The number of furan rings is 1. The van der Waals surface area contributed by atoms with Crippen molar-refractivity contribution in [2.24, 2.45) is 0 Å². The number of aromatic nitrogens is 3. The minimum atomic E-state index is -0.354. The Morgan fingerprint density at radius 3 is 2.69 bits per heavy atom. The van der Waals surface area contributed by atoms with Crippen LogP contribution in [0.1, 0.15) is 10.6 Å². The van der Waals surface area contributed by atoms with E-state index in [1.165, 1.54) is 13.4 Å². The molecule has 1 N–H and O–H groups in total. The highest BCUT2D eigenvalue weighted by Crippen LogP contribution is 2.30. The molecule has 0 aliphatic heterocycles. The lowest BCUT2D eigenvalue weighted by Gasteiger charge is -2.09. The molecular formula is C20H14Cl2N4O3. The van der Waals surface area contributed by atoms with Crippen LogP contribution in [0.3, 0.4) is 0 Å². The summed E-state index contributed by atoms with van der Waals surface area (Å²) in [6.45, 7) is 0. The van der Waals surface area contributed by atoms with Crippen molar-refractivity contribution in [2.75, 3.05) is 12.4 Å². The first kappa shape index (κ1) is 19.0. The fourth-order valence-corrected chi connectivity index (χ4v) is 3.00. The molecule has 0 atom stereocenters. The Labute approximate surface area is 175 Å². The van der Waals surface area contributed by atoms with Crippen molar-refractivity contribution in [3.8, 4) is 23.1 Å². The number of carbonyl (C=O) groups excluding carboxylic acids is 1. The van der Waals surface area contributed by atoms with Crippen molar-refractivity contribution in [3.05, 3.63) is 76.7 Å². The van der Waals surface area contributed by atoms with E-state index in [9.17, 15) is 4.79 Å². The summed E-state index contributed by atoms with van der Waals surface area (Å²) < 4.78 is 11.9. The second-order valence-corrected chi connectivity index (χ2v) is 6.76. The minimum absolute atomic E-state index is 0.191. The van der Waals surface area contributed by atoms with E-state index in [-0.39, 0.29) is 17.7 Å². The van der Waals surface area contributed by atoms with Crippen LogP contribution in [0, 0.1) is 0 Å². The van der Waals surface area contributed by atoms with Gasteiger partial charge in [0.05, 0.1) is 29.1 Å². The molecule has 2 aromatic carbocycles. The highest BCUT2D eigenvalue weighted by Gasteiger charge is 2.16. The number of anilines is 1. The maximum atomic E-state index is 12.2.